The number of nitrogens with one attached hydrogen (secondary N) is 1. The molecule has 5 nitrogen and oxygen atoms in total. The third kappa shape index (κ3) is 3.80. The highest BCUT2D eigenvalue weighted by molar-refractivity contribution is 8.13. The van der Waals surface area contributed by atoms with E-state index in [2.05, 4.69) is 5.32 Å². The van der Waals surface area contributed by atoms with Gasteiger partial charge in [-0.3, -0.25) is 9.59 Å². The van der Waals surface area contributed by atoms with Gasteiger partial charge in [-0.1, -0.05) is 11.8 Å². The summed E-state index contributed by atoms with van der Waals surface area (Å²) in [5.74, 6) is 1.67. The lowest BCUT2D eigenvalue weighted by atomic mass is 10.3. The first kappa shape index (κ1) is 13.0. The number of rotatable bonds is 6. The minimum absolute atomic E-state index is 0.0220. The Morgan fingerprint density at radius 3 is 3.11 bits per heavy atom. The monoisotopic (exact) mass is 268 g/mol. The molecule has 0 radical (unpaired) electrons. The van der Waals surface area contributed by atoms with E-state index in [9.17, 15) is 9.59 Å². The molecule has 0 spiro atoms. The molecule has 1 aromatic rings. The first-order valence-corrected chi connectivity index (χ1v) is 6.95. The molecule has 2 amide bonds. The molecule has 0 atom stereocenters. The maximum atomic E-state index is 11.5. The second-order valence-corrected chi connectivity index (χ2v) is 5.08. The Bertz CT molecular complexity index is 405. The van der Waals surface area contributed by atoms with Gasteiger partial charge in [-0.2, -0.15) is 0 Å². The fourth-order valence-corrected chi connectivity index (χ4v) is 2.59. The summed E-state index contributed by atoms with van der Waals surface area (Å²) < 4.78 is 5.16. The Hall–Kier alpha value is -1.43. The highest BCUT2D eigenvalue weighted by Crippen LogP contribution is 2.16. The molecule has 98 valence electrons. The molecule has 0 bridgehead atoms. The summed E-state index contributed by atoms with van der Waals surface area (Å²) in [4.78, 5) is 24.6. The van der Waals surface area contributed by atoms with Crippen LogP contribution in [-0.2, 0) is 11.2 Å². The van der Waals surface area contributed by atoms with Gasteiger partial charge in [0, 0.05) is 38.2 Å². The normalized spacial score (nSPS) is 15.1. The molecule has 6 heteroatoms. The molecular weight excluding hydrogens is 252 g/mol. The SMILES string of the molecule is O=C(CCN1CCSC1=O)NCCc1ccco1. The van der Waals surface area contributed by atoms with Crippen LogP contribution in [0.5, 0.6) is 0 Å². The quantitative estimate of drug-likeness (QED) is 0.849. The lowest BCUT2D eigenvalue weighted by Gasteiger charge is -2.13. The smallest absolute Gasteiger partial charge is 0.281 e. The van der Waals surface area contributed by atoms with Crippen molar-refractivity contribution in [3.05, 3.63) is 24.2 Å². The van der Waals surface area contributed by atoms with Crippen molar-refractivity contribution >= 4 is 22.9 Å². The number of hydrogen-bond acceptors (Lipinski definition) is 4. The average Bonchev–Trinajstić information content (AvgIpc) is 2.98. The van der Waals surface area contributed by atoms with Crippen molar-refractivity contribution in [3.8, 4) is 0 Å². The zero-order valence-corrected chi connectivity index (χ0v) is 10.9. The van der Waals surface area contributed by atoms with E-state index in [-0.39, 0.29) is 11.1 Å². The van der Waals surface area contributed by atoms with Gasteiger partial charge in [0.05, 0.1) is 6.26 Å². The van der Waals surface area contributed by atoms with E-state index in [0.29, 0.717) is 25.9 Å². The number of nitrogens with zero attached hydrogens (tertiary/aromatic N) is 1. The topological polar surface area (TPSA) is 62.6 Å². The summed E-state index contributed by atoms with van der Waals surface area (Å²) in [5.41, 5.74) is 0. The molecule has 18 heavy (non-hydrogen) atoms. The van der Waals surface area contributed by atoms with Crippen molar-refractivity contribution < 1.29 is 14.0 Å². The van der Waals surface area contributed by atoms with Crippen LogP contribution in [0.2, 0.25) is 0 Å². The Morgan fingerprint density at radius 2 is 2.44 bits per heavy atom. The van der Waals surface area contributed by atoms with Crippen LogP contribution in [0.1, 0.15) is 12.2 Å². The summed E-state index contributed by atoms with van der Waals surface area (Å²) in [5, 5.41) is 2.90. The minimum Gasteiger partial charge on any atom is -0.469 e. The second kappa shape index (κ2) is 6.49. The van der Waals surface area contributed by atoms with Crippen molar-refractivity contribution in [2.24, 2.45) is 0 Å². The summed E-state index contributed by atoms with van der Waals surface area (Å²) in [6.07, 6.45) is 2.68. The first-order valence-electron chi connectivity index (χ1n) is 5.96. The van der Waals surface area contributed by atoms with Gasteiger partial charge in [-0.05, 0) is 12.1 Å². The van der Waals surface area contributed by atoms with Gasteiger partial charge in [0.25, 0.3) is 5.24 Å². The molecule has 2 rings (SSSR count). The van der Waals surface area contributed by atoms with Gasteiger partial charge in [0.15, 0.2) is 0 Å². The molecule has 1 aromatic heterocycles. The molecule has 1 saturated heterocycles. The molecule has 1 aliphatic heterocycles. The van der Waals surface area contributed by atoms with Crippen molar-refractivity contribution in [2.45, 2.75) is 12.8 Å². The van der Waals surface area contributed by atoms with E-state index in [4.69, 9.17) is 4.42 Å². The van der Waals surface area contributed by atoms with E-state index in [1.54, 1.807) is 11.2 Å². The van der Waals surface area contributed by atoms with Crippen LogP contribution in [0.25, 0.3) is 0 Å². The highest BCUT2D eigenvalue weighted by Gasteiger charge is 2.21. The standard InChI is InChI=1S/C12H16N2O3S/c15-11(4-6-14-7-9-18-12(14)16)13-5-3-10-2-1-8-17-10/h1-2,8H,3-7,9H2,(H,13,15). The Labute approximate surface area is 110 Å². The molecule has 0 aromatic carbocycles. The van der Waals surface area contributed by atoms with Gasteiger partial charge in [-0.15, -0.1) is 0 Å². The van der Waals surface area contributed by atoms with Crippen LogP contribution in [0.15, 0.2) is 22.8 Å². The van der Waals surface area contributed by atoms with Crippen LogP contribution in [0, 0.1) is 0 Å². The molecule has 1 aliphatic rings. The van der Waals surface area contributed by atoms with Crippen LogP contribution in [0.3, 0.4) is 0 Å². The fourth-order valence-electron chi connectivity index (χ4n) is 1.73. The van der Waals surface area contributed by atoms with Crippen LogP contribution in [0.4, 0.5) is 4.79 Å². The van der Waals surface area contributed by atoms with E-state index in [0.717, 1.165) is 18.1 Å². The number of carbonyl (C=O) groups is 2. The van der Waals surface area contributed by atoms with Crippen molar-refractivity contribution in [3.63, 3.8) is 0 Å². The van der Waals surface area contributed by atoms with E-state index < -0.39 is 0 Å². The Morgan fingerprint density at radius 1 is 1.56 bits per heavy atom. The van der Waals surface area contributed by atoms with Crippen LogP contribution >= 0.6 is 11.8 Å². The van der Waals surface area contributed by atoms with Crippen molar-refractivity contribution in [1.82, 2.24) is 10.2 Å². The third-order valence-corrected chi connectivity index (χ3v) is 3.62. The number of amides is 2. The summed E-state index contributed by atoms with van der Waals surface area (Å²) in [6, 6.07) is 3.71. The third-order valence-electron chi connectivity index (χ3n) is 2.73. The van der Waals surface area contributed by atoms with Crippen LogP contribution in [-0.4, -0.2) is 41.4 Å². The molecule has 0 saturated carbocycles. The zero-order valence-electron chi connectivity index (χ0n) is 10.1. The van der Waals surface area contributed by atoms with E-state index in [1.807, 2.05) is 12.1 Å². The molecule has 0 aliphatic carbocycles. The highest BCUT2D eigenvalue weighted by atomic mass is 32.2. The van der Waals surface area contributed by atoms with Crippen molar-refractivity contribution in [1.29, 1.82) is 0 Å². The lowest BCUT2D eigenvalue weighted by molar-refractivity contribution is -0.121. The fraction of sp³-hybridized carbons (Fsp3) is 0.500. The van der Waals surface area contributed by atoms with Gasteiger partial charge in [0.2, 0.25) is 5.91 Å². The van der Waals surface area contributed by atoms with Crippen molar-refractivity contribution in [2.75, 3.05) is 25.4 Å². The number of carbonyl (C=O) groups excluding carboxylic acids is 2. The van der Waals surface area contributed by atoms with Gasteiger partial charge < -0.3 is 14.6 Å². The maximum absolute atomic E-state index is 11.5. The van der Waals surface area contributed by atoms with E-state index >= 15 is 0 Å². The van der Waals surface area contributed by atoms with Gasteiger partial charge in [-0.25, -0.2) is 0 Å². The van der Waals surface area contributed by atoms with Crippen LogP contribution < -0.4 is 5.32 Å². The molecule has 0 unspecified atom stereocenters. The molecular formula is C12H16N2O3S. The number of thioether (sulfide) groups is 1. The Kier molecular flexibility index (Phi) is 4.69. The number of furan rings is 1. The summed E-state index contributed by atoms with van der Waals surface area (Å²) in [6.45, 7) is 1.83. The average molecular weight is 268 g/mol. The first-order chi connectivity index (χ1) is 8.75. The minimum atomic E-state index is -0.0220. The lowest BCUT2D eigenvalue weighted by Crippen LogP contribution is -2.31. The second-order valence-electron chi connectivity index (χ2n) is 4.03. The maximum Gasteiger partial charge on any atom is 0.281 e. The van der Waals surface area contributed by atoms with E-state index in [1.165, 1.54) is 11.8 Å². The zero-order chi connectivity index (χ0) is 12.8. The predicted molar refractivity (Wildman–Crippen MR) is 69.5 cm³/mol. The molecule has 2 heterocycles. The van der Waals surface area contributed by atoms with Gasteiger partial charge >= 0.3 is 0 Å². The largest absolute Gasteiger partial charge is 0.469 e. The summed E-state index contributed by atoms with van der Waals surface area (Å²) in [7, 11) is 0. The van der Waals surface area contributed by atoms with Gasteiger partial charge in [0.1, 0.15) is 5.76 Å². The molecule has 1 fully saturated rings. The summed E-state index contributed by atoms with van der Waals surface area (Å²) >= 11 is 1.32. The molecule has 1 N–H and O–H groups in total. The number of hydrogen-bond donors (Lipinski definition) is 1. The Balaban J connectivity index is 1.59. The predicted octanol–water partition coefficient (Wildman–Crippen LogP) is 1.50.